The van der Waals surface area contributed by atoms with Gasteiger partial charge in [-0.25, -0.2) is 0 Å². The molecular weight excluding hydrogens is 406 g/mol. The van der Waals surface area contributed by atoms with Crippen LogP contribution in [0.25, 0.3) is 0 Å². The Bertz CT molecular complexity index is 868. The molecule has 32 heavy (non-hydrogen) atoms. The van der Waals surface area contributed by atoms with E-state index in [0.29, 0.717) is 18.4 Å². The first-order chi connectivity index (χ1) is 15.2. The summed E-state index contributed by atoms with van der Waals surface area (Å²) in [7, 11) is 0. The molecule has 176 valence electrons. The summed E-state index contributed by atoms with van der Waals surface area (Å²) in [6, 6.07) is 0. The predicted molar refractivity (Wildman–Crippen MR) is 120 cm³/mol. The van der Waals surface area contributed by atoms with Crippen LogP contribution in [0.2, 0.25) is 0 Å². The van der Waals surface area contributed by atoms with Crippen LogP contribution in [0.15, 0.2) is 17.1 Å². The van der Waals surface area contributed by atoms with Crippen molar-refractivity contribution in [3.05, 3.63) is 12.2 Å². The zero-order valence-corrected chi connectivity index (χ0v) is 19.9. The number of esters is 2. The Morgan fingerprint density at radius 3 is 2.59 bits per heavy atom. The van der Waals surface area contributed by atoms with Gasteiger partial charge in [-0.1, -0.05) is 25.5 Å². The number of nitrogens with zero attached hydrogens (tertiary/aromatic N) is 1. The maximum absolute atomic E-state index is 12.4. The molecule has 0 amide bonds. The third kappa shape index (κ3) is 2.83. The van der Waals surface area contributed by atoms with Gasteiger partial charge in [-0.15, -0.1) is 0 Å². The number of hydrogen-bond donors (Lipinski definition) is 0. The molecule has 1 heterocycles. The SMILES string of the molecule is C=C1C[C@]23CC[C@H]1C[C@H]2[C@]12C=N[C@H](OCC)[C@](C)(CCC1)[C@H]2[C@H](OC(C)=O)[C@H]3OC(C)=O. The van der Waals surface area contributed by atoms with Gasteiger partial charge in [0, 0.05) is 48.8 Å². The van der Waals surface area contributed by atoms with Crippen LogP contribution < -0.4 is 0 Å². The Hall–Kier alpha value is -1.69. The molecular formula is C26H37NO5. The van der Waals surface area contributed by atoms with E-state index >= 15 is 0 Å². The molecule has 0 aromatic heterocycles. The first kappa shape index (κ1) is 22.1. The van der Waals surface area contributed by atoms with Crippen molar-refractivity contribution < 1.29 is 23.8 Å². The Morgan fingerprint density at radius 1 is 1.19 bits per heavy atom. The molecule has 1 spiro atoms. The van der Waals surface area contributed by atoms with Crippen LogP contribution in [-0.2, 0) is 23.8 Å². The molecule has 5 saturated carbocycles. The second kappa shape index (κ2) is 7.41. The van der Waals surface area contributed by atoms with Gasteiger partial charge in [-0.3, -0.25) is 14.6 Å². The van der Waals surface area contributed by atoms with Crippen LogP contribution in [0.3, 0.4) is 0 Å². The Kier molecular flexibility index (Phi) is 5.12. The first-order valence-corrected chi connectivity index (χ1v) is 12.4. The monoisotopic (exact) mass is 443 g/mol. The molecule has 0 unspecified atom stereocenters. The van der Waals surface area contributed by atoms with Gasteiger partial charge in [0.1, 0.15) is 12.2 Å². The molecule has 4 bridgehead atoms. The van der Waals surface area contributed by atoms with Gasteiger partial charge in [0.15, 0.2) is 6.23 Å². The van der Waals surface area contributed by atoms with E-state index in [1.165, 1.54) is 19.4 Å². The van der Waals surface area contributed by atoms with Gasteiger partial charge < -0.3 is 14.2 Å². The van der Waals surface area contributed by atoms with Gasteiger partial charge in [-0.05, 0) is 57.3 Å². The third-order valence-electron chi connectivity index (χ3n) is 9.70. The summed E-state index contributed by atoms with van der Waals surface area (Å²) in [6.07, 6.45) is 7.99. The van der Waals surface area contributed by atoms with Crippen molar-refractivity contribution >= 4 is 18.2 Å². The molecule has 0 N–H and O–H groups in total. The van der Waals surface area contributed by atoms with E-state index in [2.05, 4.69) is 19.7 Å². The fourth-order valence-electron chi connectivity index (χ4n) is 8.84. The molecule has 0 aromatic rings. The molecule has 0 saturated heterocycles. The first-order valence-electron chi connectivity index (χ1n) is 12.4. The van der Waals surface area contributed by atoms with Gasteiger partial charge in [0.2, 0.25) is 0 Å². The zero-order valence-electron chi connectivity index (χ0n) is 19.9. The highest BCUT2D eigenvalue weighted by Gasteiger charge is 2.75. The lowest BCUT2D eigenvalue weighted by molar-refractivity contribution is -0.279. The average molecular weight is 444 g/mol. The zero-order chi connectivity index (χ0) is 22.9. The molecule has 5 fully saturated rings. The summed E-state index contributed by atoms with van der Waals surface area (Å²) in [5.74, 6) is 0.236. The van der Waals surface area contributed by atoms with Crippen molar-refractivity contribution in [1.82, 2.24) is 0 Å². The van der Waals surface area contributed by atoms with E-state index < -0.39 is 12.2 Å². The second-order valence-corrected chi connectivity index (χ2v) is 11.2. The lowest BCUT2D eigenvalue weighted by Gasteiger charge is -2.72. The largest absolute Gasteiger partial charge is 0.458 e. The van der Waals surface area contributed by atoms with E-state index in [-0.39, 0.29) is 40.3 Å². The van der Waals surface area contributed by atoms with Gasteiger partial charge in [0.05, 0.1) is 0 Å². The maximum Gasteiger partial charge on any atom is 0.303 e. The number of fused-ring (bicyclic) bond motifs is 2. The average Bonchev–Trinajstić information content (AvgIpc) is 2.72. The Labute approximate surface area is 191 Å². The highest BCUT2D eigenvalue weighted by Crippen LogP contribution is 2.74. The lowest BCUT2D eigenvalue weighted by Crippen LogP contribution is -2.75. The van der Waals surface area contributed by atoms with Crippen molar-refractivity contribution in [1.29, 1.82) is 0 Å². The van der Waals surface area contributed by atoms with E-state index in [1.807, 2.05) is 6.92 Å². The van der Waals surface area contributed by atoms with Gasteiger partial charge in [0.25, 0.3) is 0 Å². The smallest absolute Gasteiger partial charge is 0.303 e. The normalized spacial score (nSPS) is 48.6. The lowest BCUT2D eigenvalue weighted by atomic mass is 9.34. The quantitative estimate of drug-likeness (QED) is 0.474. The van der Waals surface area contributed by atoms with Crippen molar-refractivity contribution in [2.45, 2.75) is 91.1 Å². The summed E-state index contributed by atoms with van der Waals surface area (Å²) in [6.45, 7) is 12.2. The van der Waals surface area contributed by atoms with E-state index in [0.717, 1.165) is 44.9 Å². The number of carbonyl (C=O) groups is 2. The van der Waals surface area contributed by atoms with Crippen LogP contribution in [0.1, 0.15) is 72.6 Å². The molecule has 0 aromatic carbocycles. The fraction of sp³-hybridized carbons (Fsp3) is 0.808. The fourth-order valence-corrected chi connectivity index (χ4v) is 8.84. The summed E-state index contributed by atoms with van der Waals surface area (Å²) < 4.78 is 18.5. The molecule has 6 rings (SSSR count). The van der Waals surface area contributed by atoms with E-state index in [1.54, 1.807) is 0 Å². The van der Waals surface area contributed by atoms with Crippen LogP contribution in [-0.4, -0.2) is 43.2 Å². The van der Waals surface area contributed by atoms with Crippen molar-refractivity contribution in [3.63, 3.8) is 0 Å². The summed E-state index contributed by atoms with van der Waals surface area (Å²) in [5.41, 5.74) is 0.560. The number of carbonyl (C=O) groups excluding carboxylic acids is 2. The second-order valence-electron chi connectivity index (χ2n) is 11.2. The number of allylic oxidation sites excluding steroid dienone is 1. The summed E-state index contributed by atoms with van der Waals surface area (Å²) >= 11 is 0. The Morgan fingerprint density at radius 2 is 1.94 bits per heavy atom. The third-order valence-corrected chi connectivity index (χ3v) is 9.70. The molecule has 1 aliphatic heterocycles. The Balaban J connectivity index is 1.73. The molecule has 6 aliphatic rings. The summed E-state index contributed by atoms with van der Waals surface area (Å²) in [4.78, 5) is 29.8. The predicted octanol–water partition coefficient (Wildman–Crippen LogP) is 4.47. The number of aliphatic imine (C=N–C) groups is 1. The number of rotatable bonds is 4. The van der Waals surface area contributed by atoms with Crippen LogP contribution >= 0.6 is 0 Å². The highest BCUT2D eigenvalue weighted by molar-refractivity contribution is 5.72. The number of hydrogen-bond acceptors (Lipinski definition) is 6. The minimum Gasteiger partial charge on any atom is -0.458 e. The van der Waals surface area contributed by atoms with Crippen molar-refractivity contribution in [3.8, 4) is 0 Å². The van der Waals surface area contributed by atoms with Crippen molar-refractivity contribution in [2.75, 3.05) is 6.61 Å². The van der Waals surface area contributed by atoms with Crippen LogP contribution in [0.5, 0.6) is 0 Å². The standard InChI is InChI=1S/C26H37NO5/c1-6-30-23-24(5)9-7-10-26(14-27-23)19-12-18-8-11-25(19,13-15(18)2)22(32-17(4)29)20(21(24)26)31-16(3)28/h14,18-23H,2,6-13H2,1,3-5H3/t18-,19+,20-,21+,22+,23+,24+,25+,26+/m0/s1. The minimum absolute atomic E-state index is 0.00860. The van der Waals surface area contributed by atoms with Gasteiger partial charge in [-0.2, -0.15) is 0 Å². The summed E-state index contributed by atoms with van der Waals surface area (Å²) in [5, 5.41) is 0. The van der Waals surface area contributed by atoms with Crippen molar-refractivity contribution in [2.24, 2.45) is 39.0 Å². The topological polar surface area (TPSA) is 74.2 Å². The number of ether oxygens (including phenoxy) is 3. The van der Waals surface area contributed by atoms with E-state index in [4.69, 9.17) is 19.2 Å². The van der Waals surface area contributed by atoms with Crippen LogP contribution in [0, 0.1) is 34.0 Å². The molecule has 6 heteroatoms. The highest BCUT2D eigenvalue weighted by atomic mass is 16.6. The molecule has 5 aliphatic carbocycles. The molecule has 0 radical (unpaired) electrons. The molecule has 9 atom stereocenters. The van der Waals surface area contributed by atoms with E-state index in [9.17, 15) is 9.59 Å². The van der Waals surface area contributed by atoms with Crippen LogP contribution in [0.4, 0.5) is 0 Å². The van der Waals surface area contributed by atoms with Gasteiger partial charge >= 0.3 is 11.9 Å². The molecule has 6 nitrogen and oxygen atoms in total. The maximum atomic E-state index is 12.4. The minimum atomic E-state index is -0.505.